The van der Waals surface area contributed by atoms with Crippen molar-refractivity contribution in [1.29, 1.82) is 0 Å². The van der Waals surface area contributed by atoms with Crippen LogP contribution in [0.4, 0.5) is 8.78 Å². The number of halogens is 2. The molecule has 1 aromatic carbocycles. The van der Waals surface area contributed by atoms with Crippen LogP contribution in [0.5, 0.6) is 0 Å². The van der Waals surface area contributed by atoms with E-state index in [0.717, 1.165) is 43.7 Å². The predicted molar refractivity (Wildman–Crippen MR) is 135 cm³/mol. The maximum atomic E-state index is 14.8. The van der Waals surface area contributed by atoms with Crippen LogP contribution in [0.25, 0.3) is 0 Å². The van der Waals surface area contributed by atoms with Gasteiger partial charge in [-0.05, 0) is 36.8 Å². The number of pyridine rings is 1. The third-order valence-corrected chi connectivity index (χ3v) is 7.66. The molecule has 0 radical (unpaired) electrons. The maximum absolute atomic E-state index is 14.8. The third kappa shape index (κ3) is 4.90. The Hall–Kier alpha value is -3.73. The summed E-state index contributed by atoms with van der Waals surface area (Å²) in [7, 11) is 0. The van der Waals surface area contributed by atoms with Crippen LogP contribution in [0.2, 0.25) is 0 Å². The van der Waals surface area contributed by atoms with Gasteiger partial charge in [0.2, 0.25) is 17.8 Å². The van der Waals surface area contributed by atoms with Crippen molar-refractivity contribution >= 4 is 11.8 Å². The molecule has 0 spiro atoms. The second-order valence-electron chi connectivity index (χ2n) is 10.3. The van der Waals surface area contributed by atoms with Gasteiger partial charge in [-0.3, -0.25) is 14.6 Å². The molecule has 2 aromatic rings. The minimum absolute atomic E-state index is 0.0522. The van der Waals surface area contributed by atoms with Crippen LogP contribution in [0.1, 0.15) is 54.5 Å². The Morgan fingerprint density at radius 2 is 1.92 bits per heavy atom. The summed E-state index contributed by atoms with van der Waals surface area (Å²) in [6.07, 6.45) is 3.36. The molecular weight excluding hydrogens is 492 g/mol. The average molecular weight is 524 g/mol. The van der Waals surface area contributed by atoms with E-state index in [1.54, 1.807) is 23.3 Å². The number of hydrogen-bond acceptors (Lipinski definition) is 7. The van der Waals surface area contributed by atoms with Gasteiger partial charge in [-0.25, -0.2) is 9.37 Å². The molecule has 0 bridgehead atoms. The minimum atomic E-state index is -1.31. The van der Waals surface area contributed by atoms with Gasteiger partial charge in [-0.15, -0.1) is 5.53 Å². The highest BCUT2D eigenvalue weighted by Gasteiger charge is 2.42. The highest BCUT2D eigenvalue weighted by atomic mass is 19.1. The smallest absolute Gasteiger partial charge is 0.244 e. The molecule has 4 aliphatic rings. The molecule has 1 aromatic heterocycles. The summed E-state index contributed by atoms with van der Waals surface area (Å²) >= 11 is 0. The Balaban J connectivity index is 1.19. The monoisotopic (exact) mass is 523 g/mol. The van der Waals surface area contributed by atoms with Crippen molar-refractivity contribution in [3.63, 3.8) is 0 Å². The van der Waals surface area contributed by atoms with Crippen LogP contribution in [-0.2, 0) is 9.59 Å². The predicted octanol–water partition coefficient (Wildman–Crippen LogP) is 2.07. The Bertz CT molecular complexity index is 1240. The summed E-state index contributed by atoms with van der Waals surface area (Å²) in [5, 5.41) is 4.61. The molecule has 0 unspecified atom stereocenters. The van der Waals surface area contributed by atoms with Crippen LogP contribution in [0.15, 0.2) is 54.5 Å². The number of aromatic nitrogens is 1. The van der Waals surface area contributed by atoms with E-state index in [0.29, 0.717) is 11.3 Å². The molecule has 1 saturated carbocycles. The van der Waals surface area contributed by atoms with Gasteiger partial charge in [0.1, 0.15) is 24.6 Å². The number of nitrogens with zero attached hydrogens (tertiary/aromatic N) is 4. The van der Waals surface area contributed by atoms with Crippen LogP contribution < -0.4 is 16.3 Å². The van der Waals surface area contributed by atoms with Crippen molar-refractivity contribution < 1.29 is 18.4 Å². The molecule has 11 heteroatoms. The molecule has 1 aliphatic carbocycles. The number of hydrogen-bond donors (Lipinski definition) is 3. The molecule has 200 valence electrons. The van der Waals surface area contributed by atoms with Gasteiger partial charge in [-0.2, -0.15) is 4.39 Å². The minimum Gasteiger partial charge on any atom is -0.356 e. The van der Waals surface area contributed by atoms with Gasteiger partial charge in [0.25, 0.3) is 0 Å². The van der Waals surface area contributed by atoms with E-state index in [9.17, 15) is 18.4 Å². The van der Waals surface area contributed by atoms with E-state index in [-0.39, 0.29) is 31.3 Å². The Labute approximate surface area is 219 Å². The Morgan fingerprint density at radius 3 is 2.61 bits per heavy atom. The fourth-order valence-corrected chi connectivity index (χ4v) is 5.30. The van der Waals surface area contributed by atoms with E-state index in [2.05, 4.69) is 26.2 Å². The van der Waals surface area contributed by atoms with Gasteiger partial charge in [0.15, 0.2) is 0 Å². The molecule has 9 nitrogen and oxygen atoms in total. The SMILES string of the molecule is O=C(N[C@@H](c1ccccc1)c1ccc(C2CC2)c(F)n1)[C@@H]1C[C@@H](F)CN1C(=O)CN1NNC=C1N1CCC1. The lowest BCUT2D eigenvalue weighted by atomic mass is 10.0. The van der Waals surface area contributed by atoms with E-state index >= 15 is 0 Å². The van der Waals surface area contributed by atoms with Crippen LogP contribution >= 0.6 is 0 Å². The molecule has 6 rings (SSSR count). The zero-order valence-corrected chi connectivity index (χ0v) is 20.9. The number of likely N-dealkylation sites (tertiary alicyclic amines) is 2. The lowest BCUT2D eigenvalue weighted by Gasteiger charge is -2.37. The highest BCUT2D eigenvalue weighted by molar-refractivity contribution is 5.89. The molecule has 3 atom stereocenters. The number of carbonyl (C=O) groups is 2. The molecular formula is C27H31F2N7O2. The van der Waals surface area contributed by atoms with Crippen LogP contribution in [0, 0.1) is 5.95 Å². The summed E-state index contributed by atoms with van der Waals surface area (Å²) in [5.74, 6) is -0.334. The lowest BCUT2D eigenvalue weighted by molar-refractivity contribution is -0.140. The first-order valence-electron chi connectivity index (χ1n) is 13.2. The van der Waals surface area contributed by atoms with Crippen molar-refractivity contribution in [1.82, 2.24) is 36.1 Å². The van der Waals surface area contributed by atoms with Gasteiger partial charge < -0.3 is 20.5 Å². The summed E-state index contributed by atoms with van der Waals surface area (Å²) in [4.78, 5) is 34.4. The van der Waals surface area contributed by atoms with Crippen LogP contribution in [0.3, 0.4) is 0 Å². The van der Waals surface area contributed by atoms with Crippen molar-refractivity contribution in [2.24, 2.45) is 0 Å². The first-order valence-corrected chi connectivity index (χ1v) is 13.2. The van der Waals surface area contributed by atoms with E-state index in [1.165, 1.54) is 4.90 Å². The second kappa shape index (κ2) is 10.2. The van der Waals surface area contributed by atoms with Gasteiger partial charge >= 0.3 is 0 Å². The molecule has 2 amide bonds. The first kappa shape index (κ1) is 24.6. The normalized spacial score (nSPS) is 23.5. The second-order valence-corrected chi connectivity index (χ2v) is 10.3. The van der Waals surface area contributed by atoms with Crippen molar-refractivity contribution in [2.75, 3.05) is 26.2 Å². The van der Waals surface area contributed by atoms with Crippen molar-refractivity contribution in [2.45, 2.75) is 49.9 Å². The standard InChI is InChI=1S/C27H31F2N7O2/c28-19-13-22(35(15-19)24(37)16-36-23(14-30-33-36)34-11-4-12-34)27(38)32-25(18-5-2-1-3-6-18)21-10-9-20(17-7-8-17)26(29)31-21/h1-3,5-6,9-10,14,17,19,22,25,30,33H,4,7-8,11-13,15-16H2,(H,32,38)/t19-,22+,25+/m1/s1. The summed E-state index contributed by atoms with van der Waals surface area (Å²) in [5.41, 5.74) is 7.50. The topological polar surface area (TPSA) is 92.8 Å². The molecule has 3 fully saturated rings. The van der Waals surface area contributed by atoms with Crippen molar-refractivity contribution in [3.05, 3.63) is 77.3 Å². The number of amides is 2. The average Bonchev–Trinajstić information content (AvgIpc) is 3.51. The number of alkyl halides is 1. The molecule has 3 N–H and O–H groups in total. The highest BCUT2D eigenvalue weighted by Crippen LogP contribution is 2.41. The quantitative estimate of drug-likeness (QED) is 0.457. The lowest BCUT2D eigenvalue weighted by Crippen LogP contribution is -2.53. The van der Waals surface area contributed by atoms with Crippen molar-refractivity contribution in [3.8, 4) is 0 Å². The number of nitrogens with one attached hydrogen (secondary N) is 3. The first-order chi connectivity index (χ1) is 18.5. The van der Waals surface area contributed by atoms with Gasteiger partial charge in [0, 0.05) is 25.1 Å². The number of rotatable bonds is 8. The molecule has 4 heterocycles. The zero-order valence-electron chi connectivity index (χ0n) is 20.9. The summed E-state index contributed by atoms with van der Waals surface area (Å²) < 4.78 is 29.4. The maximum Gasteiger partial charge on any atom is 0.244 e. The zero-order chi connectivity index (χ0) is 26.2. The fraction of sp³-hybridized carbons (Fsp3) is 0.444. The van der Waals surface area contributed by atoms with E-state index in [1.807, 2.05) is 30.3 Å². The van der Waals surface area contributed by atoms with Gasteiger partial charge in [0.05, 0.1) is 24.5 Å². The molecule has 3 aliphatic heterocycles. The largest absolute Gasteiger partial charge is 0.356 e. The third-order valence-electron chi connectivity index (χ3n) is 7.66. The Morgan fingerprint density at radius 1 is 1.13 bits per heavy atom. The Kier molecular flexibility index (Phi) is 6.61. The molecule has 2 saturated heterocycles. The van der Waals surface area contributed by atoms with E-state index < -0.39 is 30.1 Å². The number of carbonyl (C=O) groups excluding carboxylic acids is 2. The number of hydrazine groups is 2. The van der Waals surface area contributed by atoms with Gasteiger partial charge in [-0.1, -0.05) is 36.4 Å². The molecule has 38 heavy (non-hydrogen) atoms. The number of benzene rings is 1. The summed E-state index contributed by atoms with van der Waals surface area (Å²) in [6.45, 7) is 1.60. The summed E-state index contributed by atoms with van der Waals surface area (Å²) in [6, 6.07) is 10.9. The van der Waals surface area contributed by atoms with E-state index in [4.69, 9.17) is 0 Å². The van der Waals surface area contributed by atoms with Crippen LogP contribution in [-0.4, -0.2) is 70.0 Å². The fourth-order valence-electron chi connectivity index (χ4n) is 5.30.